The van der Waals surface area contributed by atoms with Crippen molar-refractivity contribution in [2.75, 3.05) is 62.7 Å². The Morgan fingerprint density at radius 3 is 2.56 bits per heavy atom. The van der Waals surface area contributed by atoms with Crippen molar-refractivity contribution in [2.24, 2.45) is 0 Å². The molecular formula is C29H36F3N5O4. The molecule has 222 valence electrons. The Morgan fingerprint density at radius 1 is 1.10 bits per heavy atom. The molecule has 0 spiro atoms. The molecule has 1 aromatic heterocycles. The zero-order chi connectivity index (χ0) is 28.9. The van der Waals surface area contributed by atoms with Gasteiger partial charge in [0.2, 0.25) is 0 Å². The molecule has 1 amide bonds. The molecule has 5 heterocycles. The highest BCUT2D eigenvalue weighted by atomic mass is 19.4. The summed E-state index contributed by atoms with van der Waals surface area (Å²) in [6.07, 6.45) is -2.42. The predicted molar refractivity (Wildman–Crippen MR) is 147 cm³/mol. The molecule has 0 aliphatic carbocycles. The molecule has 12 heteroatoms. The summed E-state index contributed by atoms with van der Waals surface area (Å²) in [6.45, 7) is 10.5. The molecule has 6 rings (SSSR count). The van der Waals surface area contributed by atoms with Crippen molar-refractivity contribution in [2.45, 2.75) is 57.5 Å². The minimum atomic E-state index is -4.58. The topological polar surface area (TPSA) is 79.4 Å². The molecule has 3 fully saturated rings. The maximum atomic E-state index is 14.3. The van der Waals surface area contributed by atoms with E-state index < -0.39 is 17.3 Å². The van der Waals surface area contributed by atoms with E-state index in [0.29, 0.717) is 63.9 Å². The molecular weight excluding hydrogens is 539 g/mol. The van der Waals surface area contributed by atoms with Crippen molar-refractivity contribution in [1.29, 1.82) is 0 Å². The molecule has 0 radical (unpaired) electrons. The van der Waals surface area contributed by atoms with Gasteiger partial charge in [-0.1, -0.05) is 0 Å². The summed E-state index contributed by atoms with van der Waals surface area (Å²) in [4.78, 5) is 23.0. The maximum Gasteiger partial charge on any atom is 0.420 e. The SMILES string of the molecule is CC(C)(C)OC(=O)N1CC[C@@H](N2CC(c3cc4c(c(C(F)(F)F)c3)OCc3c(N5CCOCC5)ccnc3N4)C2)C1. The van der Waals surface area contributed by atoms with Gasteiger partial charge in [-0.25, -0.2) is 9.78 Å². The van der Waals surface area contributed by atoms with Crippen LogP contribution in [0.2, 0.25) is 0 Å². The average Bonchev–Trinajstić information content (AvgIpc) is 3.28. The van der Waals surface area contributed by atoms with Gasteiger partial charge in [0.25, 0.3) is 0 Å². The van der Waals surface area contributed by atoms with Crippen molar-refractivity contribution < 1.29 is 32.2 Å². The minimum Gasteiger partial charge on any atom is -0.486 e. The molecule has 4 aliphatic heterocycles. The quantitative estimate of drug-likeness (QED) is 0.549. The van der Waals surface area contributed by atoms with Gasteiger partial charge in [0.05, 0.1) is 30.0 Å². The van der Waals surface area contributed by atoms with Crippen LogP contribution < -0.4 is 15.0 Å². The first-order chi connectivity index (χ1) is 19.5. The van der Waals surface area contributed by atoms with Gasteiger partial charge in [0.15, 0.2) is 5.75 Å². The number of likely N-dealkylation sites (tertiary alicyclic amines) is 2. The van der Waals surface area contributed by atoms with Crippen molar-refractivity contribution in [3.63, 3.8) is 0 Å². The number of carbonyl (C=O) groups excluding carboxylic acids is 1. The third-order valence-corrected chi connectivity index (χ3v) is 8.13. The second kappa shape index (κ2) is 10.5. The molecule has 3 saturated heterocycles. The van der Waals surface area contributed by atoms with E-state index in [2.05, 4.69) is 20.1 Å². The average molecular weight is 576 g/mol. The van der Waals surface area contributed by atoms with Crippen molar-refractivity contribution in [1.82, 2.24) is 14.8 Å². The summed E-state index contributed by atoms with van der Waals surface area (Å²) in [5.41, 5.74) is 1.16. The molecule has 0 bridgehead atoms. The van der Waals surface area contributed by atoms with E-state index in [0.717, 1.165) is 17.7 Å². The summed E-state index contributed by atoms with van der Waals surface area (Å²) in [5.74, 6) is 0.239. The fourth-order valence-electron chi connectivity index (χ4n) is 6.00. The van der Waals surface area contributed by atoms with Gasteiger partial charge in [0.1, 0.15) is 18.0 Å². The number of hydrogen-bond donors (Lipinski definition) is 1. The summed E-state index contributed by atoms with van der Waals surface area (Å²) < 4.78 is 59.8. The highest BCUT2D eigenvalue weighted by molar-refractivity contribution is 5.75. The van der Waals surface area contributed by atoms with Crippen LogP contribution in [0.1, 0.15) is 49.8 Å². The summed E-state index contributed by atoms with van der Waals surface area (Å²) in [6, 6.07) is 5.04. The van der Waals surface area contributed by atoms with Crippen LogP contribution in [-0.2, 0) is 22.3 Å². The number of fused-ring (bicyclic) bond motifs is 2. The minimum absolute atomic E-state index is 0.0225. The lowest BCUT2D eigenvalue weighted by atomic mass is 9.88. The Labute approximate surface area is 237 Å². The first kappa shape index (κ1) is 27.9. The number of alkyl halides is 3. The molecule has 41 heavy (non-hydrogen) atoms. The second-order valence-electron chi connectivity index (χ2n) is 12.1. The van der Waals surface area contributed by atoms with E-state index in [1.54, 1.807) is 17.2 Å². The van der Waals surface area contributed by atoms with Crippen molar-refractivity contribution >= 4 is 23.3 Å². The number of anilines is 3. The lowest BCUT2D eigenvalue weighted by molar-refractivity contribution is -0.139. The highest BCUT2D eigenvalue weighted by Gasteiger charge is 2.42. The van der Waals surface area contributed by atoms with E-state index in [1.807, 2.05) is 26.8 Å². The number of rotatable bonds is 3. The fraction of sp³-hybridized carbons (Fsp3) is 0.586. The number of hydrogen-bond acceptors (Lipinski definition) is 8. The van der Waals surface area contributed by atoms with Gasteiger partial charge in [-0.3, -0.25) is 4.90 Å². The zero-order valence-electron chi connectivity index (χ0n) is 23.6. The summed E-state index contributed by atoms with van der Waals surface area (Å²) in [5, 5.41) is 3.18. The first-order valence-electron chi connectivity index (χ1n) is 14.1. The van der Waals surface area contributed by atoms with E-state index in [1.165, 1.54) is 6.07 Å². The van der Waals surface area contributed by atoms with E-state index >= 15 is 0 Å². The van der Waals surface area contributed by atoms with Gasteiger partial charge in [-0.2, -0.15) is 13.2 Å². The Bertz CT molecular complexity index is 1300. The van der Waals surface area contributed by atoms with Gasteiger partial charge in [-0.05, 0) is 51.0 Å². The third kappa shape index (κ3) is 5.76. The summed E-state index contributed by atoms with van der Waals surface area (Å²) >= 11 is 0. The van der Waals surface area contributed by atoms with Gasteiger partial charge in [-0.15, -0.1) is 0 Å². The van der Waals surface area contributed by atoms with E-state index in [-0.39, 0.29) is 36.1 Å². The van der Waals surface area contributed by atoms with Gasteiger partial charge in [0, 0.05) is 63.1 Å². The monoisotopic (exact) mass is 575 g/mol. The second-order valence-corrected chi connectivity index (χ2v) is 12.1. The van der Waals surface area contributed by atoms with Crippen LogP contribution in [-0.4, -0.2) is 85.0 Å². The van der Waals surface area contributed by atoms with Crippen LogP contribution >= 0.6 is 0 Å². The molecule has 0 unspecified atom stereocenters. The van der Waals surface area contributed by atoms with Crippen LogP contribution in [0.5, 0.6) is 5.75 Å². The highest BCUT2D eigenvalue weighted by Crippen LogP contribution is 2.47. The van der Waals surface area contributed by atoms with E-state index in [4.69, 9.17) is 14.2 Å². The van der Waals surface area contributed by atoms with Crippen LogP contribution in [0.15, 0.2) is 24.4 Å². The number of carbonyl (C=O) groups is 1. The number of morpholine rings is 1. The maximum absolute atomic E-state index is 14.3. The van der Waals surface area contributed by atoms with E-state index in [9.17, 15) is 18.0 Å². The predicted octanol–water partition coefficient (Wildman–Crippen LogP) is 4.98. The molecule has 9 nitrogen and oxygen atoms in total. The van der Waals surface area contributed by atoms with Crippen LogP contribution in [0, 0.1) is 0 Å². The van der Waals surface area contributed by atoms with Crippen LogP contribution in [0.4, 0.5) is 35.2 Å². The van der Waals surface area contributed by atoms with Gasteiger partial charge >= 0.3 is 12.3 Å². The number of nitrogens with zero attached hydrogens (tertiary/aromatic N) is 4. The Morgan fingerprint density at radius 2 is 1.85 bits per heavy atom. The van der Waals surface area contributed by atoms with Gasteiger partial charge < -0.3 is 29.3 Å². The Balaban J connectivity index is 1.20. The smallest absolute Gasteiger partial charge is 0.420 e. The fourth-order valence-corrected chi connectivity index (χ4v) is 6.00. The zero-order valence-corrected chi connectivity index (χ0v) is 23.6. The number of pyridine rings is 1. The normalized spacial score (nSPS) is 21.8. The molecule has 1 N–H and O–H groups in total. The lowest BCUT2D eigenvalue weighted by Crippen LogP contribution is -2.52. The molecule has 4 aliphatic rings. The van der Waals surface area contributed by atoms with Crippen LogP contribution in [0.3, 0.4) is 0 Å². The Hall–Kier alpha value is -3.25. The largest absolute Gasteiger partial charge is 0.486 e. The third-order valence-electron chi connectivity index (χ3n) is 8.13. The van der Waals surface area contributed by atoms with Crippen LogP contribution in [0.25, 0.3) is 0 Å². The number of amides is 1. The molecule has 1 atom stereocenters. The number of halogens is 3. The molecule has 0 saturated carbocycles. The standard InChI is InChI=1S/C29H36F3N5O4/c1-28(2,3)41-27(38)36-7-5-20(16-36)37-14-19(15-37)18-12-22(29(30,31)32)25-23(13-18)34-26-21(17-40-25)24(4-6-33-26)35-8-10-39-11-9-35/h4,6,12-13,19-20H,5,7-11,14-17H2,1-3H3,(H,33,34)/t20-/m1/s1. The Kier molecular flexibility index (Phi) is 7.17. The number of aromatic nitrogens is 1. The number of nitrogens with one attached hydrogen (secondary N) is 1. The van der Waals surface area contributed by atoms with Crippen molar-refractivity contribution in [3.8, 4) is 5.75 Å². The van der Waals surface area contributed by atoms with Crippen molar-refractivity contribution in [3.05, 3.63) is 41.1 Å². The first-order valence-corrected chi connectivity index (χ1v) is 14.1. The molecule has 1 aromatic carbocycles. The molecule has 2 aromatic rings. The number of benzene rings is 1. The summed E-state index contributed by atoms with van der Waals surface area (Å²) in [7, 11) is 0. The lowest BCUT2D eigenvalue weighted by Gasteiger charge is -2.43. The number of ether oxygens (including phenoxy) is 3.